The van der Waals surface area contributed by atoms with E-state index in [-0.39, 0.29) is 5.72 Å². The van der Waals surface area contributed by atoms with E-state index in [9.17, 15) is 8.42 Å². The lowest BCUT2D eigenvalue weighted by Gasteiger charge is -2.37. The Hall–Kier alpha value is 0.260. The van der Waals surface area contributed by atoms with Crippen LogP contribution in [-0.2, 0) is 14.8 Å². The highest BCUT2D eigenvalue weighted by molar-refractivity contribution is 14.1. The number of hydrogen-bond acceptors (Lipinski definition) is 4. The fourth-order valence-electron chi connectivity index (χ4n) is 2.81. The molecule has 0 saturated carbocycles. The van der Waals surface area contributed by atoms with Crippen molar-refractivity contribution in [3.8, 4) is 0 Å². The van der Waals surface area contributed by atoms with Crippen LogP contribution in [0.4, 0.5) is 0 Å². The van der Waals surface area contributed by atoms with Crippen molar-refractivity contribution < 1.29 is 13.2 Å². The molecule has 8 heteroatoms. The van der Waals surface area contributed by atoms with Crippen molar-refractivity contribution in [1.82, 2.24) is 9.62 Å². The summed E-state index contributed by atoms with van der Waals surface area (Å²) in [5, 5.41) is 3.35. The minimum absolute atomic E-state index is 0.307. The van der Waals surface area contributed by atoms with Crippen molar-refractivity contribution in [2.75, 3.05) is 26.2 Å². The highest BCUT2D eigenvalue weighted by atomic mass is 127. The number of hydrogen-bond donors (Lipinski definition) is 1. The third-order valence-corrected chi connectivity index (χ3v) is 7.68. The summed E-state index contributed by atoms with van der Waals surface area (Å²) in [5.74, 6) is 0. The second-order valence-corrected chi connectivity index (χ2v) is 9.23. The normalized spacial score (nSPS) is 22.8. The zero-order valence-corrected chi connectivity index (χ0v) is 15.9. The lowest BCUT2D eigenvalue weighted by Crippen LogP contribution is -2.52. The second-order valence-electron chi connectivity index (χ2n) is 5.25. The summed E-state index contributed by atoms with van der Waals surface area (Å²) in [4.78, 5) is 0.377. The molecule has 5 nitrogen and oxygen atoms in total. The Morgan fingerprint density at radius 2 is 2.05 bits per heavy atom. The zero-order valence-electron chi connectivity index (χ0n) is 11.3. The van der Waals surface area contributed by atoms with Crippen molar-refractivity contribution in [2.45, 2.75) is 23.5 Å². The summed E-state index contributed by atoms with van der Waals surface area (Å²) < 4.78 is 34.5. The van der Waals surface area contributed by atoms with Crippen molar-refractivity contribution in [1.29, 1.82) is 0 Å². The van der Waals surface area contributed by atoms with Crippen molar-refractivity contribution in [2.24, 2.45) is 0 Å². The molecule has 1 N–H and O–H groups in total. The van der Waals surface area contributed by atoms with E-state index in [0.29, 0.717) is 37.4 Å². The van der Waals surface area contributed by atoms with E-state index in [1.54, 1.807) is 16.4 Å². The van der Waals surface area contributed by atoms with Gasteiger partial charge in [0.2, 0.25) is 10.0 Å². The first-order valence-electron chi connectivity index (χ1n) is 6.77. The number of halogens is 2. The van der Waals surface area contributed by atoms with Gasteiger partial charge in [0, 0.05) is 40.5 Å². The van der Waals surface area contributed by atoms with Crippen molar-refractivity contribution in [3.63, 3.8) is 0 Å². The number of nitrogens with one attached hydrogen (secondary N) is 1. The number of rotatable bonds is 2. The number of ether oxygens (including phenoxy) is 1. The van der Waals surface area contributed by atoms with E-state index >= 15 is 0 Å². The first-order chi connectivity index (χ1) is 9.93. The average molecular weight is 487 g/mol. The maximum atomic E-state index is 12.8. The minimum Gasteiger partial charge on any atom is -0.359 e. The number of nitrogens with zero attached hydrogens (tertiary/aromatic N) is 1. The van der Waals surface area contributed by atoms with E-state index < -0.39 is 10.0 Å². The van der Waals surface area contributed by atoms with Crippen LogP contribution in [0.25, 0.3) is 0 Å². The highest BCUT2D eigenvalue weighted by Gasteiger charge is 2.41. The van der Waals surface area contributed by atoms with E-state index in [4.69, 9.17) is 4.74 Å². The van der Waals surface area contributed by atoms with Gasteiger partial charge in [-0.15, -0.1) is 0 Å². The topological polar surface area (TPSA) is 58.6 Å². The molecule has 1 aromatic rings. The standard InChI is InChI=1S/C13H16BrIN2O3S/c14-10-1-2-12(11(15)9-10)21(18,19)17-6-3-13(4-7-17)16-5-8-20-13/h1-2,9,16H,3-8H2. The second kappa shape index (κ2) is 6.04. The molecule has 2 fully saturated rings. The van der Waals surface area contributed by atoms with E-state index in [2.05, 4.69) is 43.8 Å². The Morgan fingerprint density at radius 3 is 2.62 bits per heavy atom. The summed E-state index contributed by atoms with van der Waals surface area (Å²) in [5.41, 5.74) is -0.307. The summed E-state index contributed by atoms with van der Waals surface area (Å²) in [6, 6.07) is 5.25. The lowest BCUT2D eigenvalue weighted by atomic mass is 10.0. The lowest BCUT2D eigenvalue weighted by molar-refractivity contribution is -0.0445. The molecular formula is C13H16BrIN2O3S. The van der Waals surface area contributed by atoms with Crippen molar-refractivity contribution >= 4 is 48.5 Å². The predicted molar refractivity (Wildman–Crippen MR) is 91.5 cm³/mol. The minimum atomic E-state index is -3.43. The number of sulfonamides is 1. The summed E-state index contributed by atoms with van der Waals surface area (Å²) in [6.45, 7) is 2.53. The quantitative estimate of drug-likeness (QED) is 0.651. The smallest absolute Gasteiger partial charge is 0.244 e. The van der Waals surface area contributed by atoms with Gasteiger partial charge in [0.25, 0.3) is 0 Å². The molecule has 0 aliphatic carbocycles. The third-order valence-electron chi connectivity index (χ3n) is 3.97. The highest BCUT2D eigenvalue weighted by Crippen LogP contribution is 2.31. The number of piperidine rings is 1. The van der Waals surface area contributed by atoms with Gasteiger partial charge in [0.05, 0.1) is 11.5 Å². The Kier molecular flexibility index (Phi) is 4.64. The third kappa shape index (κ3) is 3.16. The molecule has 1 spiro atoms. The molecular weight excluding hydrogens is 471 g/mol. The van der Waals surface area contributed by atoms with Crippen molar-refractivity contribution in [3.05, 3.63) is 26.2 Å². The first-order valence-corrected chi connectivity index (χ1v) is 10.1. The van der Waals surface area contributed by atoms with Crippen LogP contribution in [0.1, 0.15) is 12.8 Å². The van der Waals surface area contributed by atoms with Crippen LogP contribution in [0, 0.1) is 3.57 Å². The molecule has 0 bridgehead atoms. The van der Waals surface area contributed by atoms with Crippen LogP contribution in [0.5, 0.6) is 0 Å². The van der Waals surface area contributed by atoms with Gasteiger partial charge >= 0.3 is 0 Å². The largest absolute Gasteiger partial charge is 0.359 e. The van der Waals surface area contributed by atoms with E-state index in [0.717, 1.165) is 14.6 Å². The van der Waals surface area contributed by atoms with Crippen LogP contribution in [-0.4, -0.2) is 44.7 Å². The van der Waals surface area contributed by atoms with Gasteiger partial charge < -0.3 is 4.74 Å². The molecule has 1 aromatic carbocycles. The van der Waals surface area contributed by atoms with Gasteiger partial charge in [-0.25, -0.2) is 8.42 Å². The molecule has 21 heavy (non-hydrogen) atoms. The van der Waals surface area contributed by atoms with Gasteiger partial charge in [0.1, 0.15) is 5.72 Å². The maximum Gasteiger partial charge on any atom is 0.244 e. The van der Waals surface area contributed by atoms with Crippen LogP contribution in [0.2, 0.25) is 0 Å². The fraction of sp³-hybridized carbons (Fsp3) is 0.538. The van der Waals surface area contributed by atoms with Gasteiger partial charge in [-0.05, 0) is 40.8 Å². The molecule has 0 atom stereocenters. The molecule has 0 radical (unpaired) electrons. The van der Waals surface area contributed by atoms with Gasteiger partial charge in [-0.1, -0.05) is 15.9 Å². The summed E-state index contributed by atoms with van der Waals surface area (Å²) in [7, 11) is -3.43. The molecule has 2 saturated heterocycles. The molecule has 0 amide bonds. The molecule has 3 rings (SSSR count). The van der Waals surface area contributed by atoms with E-state index in [1.165, 1.54) is 0 Å². The Bertz CT molecular complexity index is 637. The van der Waals surface area contributed by atoms with E-state index in [1.807, 2.05) is 6.07 Å². The fourth-order valence-corrected chi connectivity index (χ4v) is 6.43. The average Bonchev–Trinajstić information content (AvgIpc) is 2.87. The molecule has 0 unspecified atom stereocenters. The van der Waals surface area contributed by atoms with Gasteiger partial charge in [-0.3, -0.25) is 5.32 Å². The number of benzene rings is 1. The maximum absolute atomic E-state index is 12.8. The Morgan fingerprint density at radius 1 is 1.33 bits per heavy atom. The zero-order chi connectivity index (χ0) is 15.1. The van der Waals surface area contributed by atoms with Crippen LogP contribution in [0.3, 0.4) is 0 Å². The van der Waals surface area contributed by atoms with Gasteiger partial charge in [-0.2, -0.15) is 4.31 Å². The molecule has 0 aromatic heterocycles. The summed E-state index contributed by atoms with van der Waals surface area (Å²) >= 11 is 5.43. The molecule has 2 aliphatic heterocycles. The Balaban J connectivity index is 1.80. The molecule has 2 heterocycles. The van der Waals surface area contributed by atoms with Crippen LogP contribution in [0.15, 0.2) is 27.6 Å². The SMILES string of the molecule is O=S(=O)(c1ccc(Br)cc1I)N1CCC2(CC1)NCCO2. The van der Waals surface area contributed by atoms with Gasteiger partial charge in [0.15, 0.2) is 0 Å². The summed E-state index contributed by atoms with van der Waals surface area (Å²) in [6.07, 6.45) is 1.39. The Labute approximate surface area is 146 Å². The molecule has 116 valence electrons. The van der Waals surface area contributed by atoms with Crippen LogP contribution >= 0.6 is 38.5 Å². The first kappa shape index (κ1) is 16.1. The van der Waals surface area contributed by atoms with Crippen LogP contribution < -0.4 is 5.32 Å². The monoisotopic (exact) mass is 486 g/mol. The molecule has 2 aliphatic rings. The predicted octanol–water partition coefficient (Wildman–Crippen LogP) is 2.15.